The van der Waals surface area contributed by atoms with Crippen LogP contribution in [0.15, 0.2) is 35.2 Å². The maximum absolute atomic E-state index is 12.1. The number of aromatic nitrogens is 2. The molecular formula is C15H19ClN4O2. The Morgan fingerprint density at radius 1 is 1.36 bits per heavy atom. The molecular weight excluding hydrogens is 304 g/mol. The minimum Gasteiger partial charge on any atom is -0.352 e. The van der Waals surface area contributed by atoms with Gasteiger partial charge in [-0.3, -0.25) is 4.79 Å². The molecule has 1 amide bonds. The summed E-state index contributed by atoms with van der Waals surface area (Å²) >= 11 is 0. The van der Waals surface area contributed by atoms with Gasteiger partial charge in [-0.25, -0.2) is 0 Å². The van der Waals surface area contributed by atoms with E-state index in [4.69, 9.17) is 4.52 Å². The van der Waals surface area contributed by atoms with E-state index in [1.165, 1.54) is 19.2 Å². The third kappa shape index (κ3) is 4.05. The molecule has 2 aromatic rings. The highest BCUT2D eigenvalue weighted by atomic mass is 35.5. The Morgan fingerprint density at radius 2 is 2.18 bits per heavy atom. The molecule has 2 heterocycles. The summed E-state index contributed by atoms with van der Waals surface area (Å²) < 4.78 is 4.71. The van der Waals surface area contributed by atoms with Crippen LogP contribution in [0.3, 0.4) is 0 Å². The van der Waals surface area contributed by atoms with E-state index in [2.05, 4.69) is 20.8 Å². The lowest BCUT2D eigenvalue weighted by Gasteiger charge is -2.22. The van der Waals surface area contributed by atoms with Gasteiger partial charge in [0.2, 0.25) is 12.2 Å². The zero-order chi connectivity index (χ0) is 14.5. The first-order valence-electron chi connectivity index (χ1n) is 7.18. The molecule has 1 atom stereocenters. The minimum atomic E-state index is -0.0414. The van der Waals surface area contributed by atoms with Gasteiger partial charge < -0.3 is 15.2 Å². The van der Waals surface area contributed by atoms with E-state index in [1.54, 1.807) is 12.1 Å². The fraction of sp³-hybridized carbons (Fsp3) is 0.400. The van der Waals surface area contributed by atoms with Gasteiger partial charge in [0.05, 0.1) is 0 Å². The quantitative estimate of drug-likeness (QED) is 0.898. The van der Waals surface area contributed by atoms with Crippen molar-refractivity contribution in [3.63, 3.8) is 0 Å². The Hall–Kier alpha value is -1.92. The van der Waals surface area contributed by atoms with E-state index in [0.29, 0.717) is 17.3 Å². The van der Waals surface area contributed by atoms with E-state index in [-0.39, 0.29) is 18.3 Å². The maximum atomic E-state index is 12.1. The van der Waals surface area contributed by atoms with Gasteiger partial charge in [-0.15, -0.1) is 12.4 Å². The fourth-order valence-electron chi connectivity index (χ4n) is 2.51. The molecule has 1 aliphatic rings. The predicted molar refractivity (Wildman–Crippen MR) is 84.9 cm³/mol. The second-order valence-electron chi connectivity index (χ2n) is 5.25. The normalized spacial score (nSPS) is 17.5. The highest BCUT2D eigenvalue weighted by Gasteiger charge is 2.14. The number of carbonyl (C=O) groups is 1. The fourth-order valence-corrected chi connectivity index (χ4v) is 2.51. The van der Waals surface area contributed by atoms with E-state index >= 15 is 0 Å². The van der Waals surface area contributed by atoms with Crippen molar-refractivity contribution in [3.8, 4) is 11.4 Å². The van der Waals surface area contributed by atoms with Crippen LogP contribution < -0.4 is 10.6 Å². The molecule has 3 rings (SSSR count). The number of halogens is 1. The standard InChI is InChI=1S/C15H18N4O2.ClH/c20-15(17-9-11-2-1-7-16-8-11)13-5-3-12(4-6-13)14-18-10-21-19-14;/h3-6,10-11,16H,1-2,7-9H2,(H,17,20);1H. The molecule has 1 aliphatic heterocycles. The summed E-state index contributed by atoms with van der Waals surface area (Å²) in [5.41, 5.74) is 1.47. The lowest BCUT2D eigenvalue weighted by atomic mass is 9.99. The molecule has 0 spiro atoms. The first kappa shape index (κ1) is 16.5. The van der Waals surface area contributed by atoms with Crippen molar-refractivity contribution in [1.29, 1.82) is 0 Å². The summed E-state index contributed by atoms with van der Waals surface area (Å²) in [7, 11) is 0. The molecule has 1 aromatic heterocycles. The van der Waals surface area contributed by atoms with Crippen LogP contribution in [0.2, 0.25) is 0 Å². The topological polar surface area (TPSA) is 80.0 Å². The molecule has 22 heavy (non-hydrogen) atoms. The molecule has 1 unspecified atom stereocenters. The summed E-state index contributed by atoms with van der Waals surface area (Å²) in [6.45, 7) is 2.79. The molecule has 1 fully saturated rings. The Morgan fingerprint density at radius 3 is 2.82 bits per heavy atom. The van der Waals surface area contributed by atoms with Crippen molar-refractivity contribution >= 4 is 18.3 Å². The summed E-state index contributed by atoms with van der Waals surface area (Å²) in [5.74, 6) is 1.01. The average Bonchev–Trinajstić information content (AvgIpc) is 3.08. The molecule has 1 saturated heterocycles. The van der Waals surface area contributed by atoms with Gasteiger partial charge in [0.1, 0.15) is 0 Å². The zero-order valence-corrected chi connectivity index (χ0v) is 12.9. The van der Waals surface area contributed by atoms with Crippen molar-refractivity contribution in [1.82, 2.24) is 20.8 Å². The van der Waals surface area contributed by atoms with Gasteiger partial charge in [0.25, 0.3) is 5.91 Å². The Balaban J connectivity index is 0.00000176. The van der Waals surface area contributed by atoms with Crippen LogP contribution in [-0.4, -0.2) is 35.7 Å². The second-order valence-corrected chi connectivity index (χ2v) is 5.25. The Labute approximate surface area is 135 Å². The number of hydrogen-bond donors (Lipinski definition) is 2. The predicted octanol–water partition coefficient (Wildman–Crippen LogP) is 1.89. The summed E-state index contributed by atoms with van der Waals surface area (Å²) in [6.07, 6.45) is 3.64. The van der Waals surface area contributed by atoms with Gasteiger partial charge in [-0.05, 0) is 44.0 Å². The number of benzene rings is 1. The lowest BCUT2D eigenvalue weighted by Crippen LogP contribution is -2.38. The zero-order valence-electron chi connectivity index (χ0n) is 12.1. The lowest BCUT2D eigenvalue weighted by molar-refractivity contribution is 0.0945. The Kier molecular flexibility index (Phi) is 5.91. The van der Waals surface area contributed by atoms with Crippen molar-refractivity contribution in [2.45, 2.75) is 12.8 Å². The van der Waals surface area contributed by atoms with Crippen LogP contribution in [0.5, 0.6) is 0 Å². The van der Waals surface area contributed by atoms with E-state index < -0.39 is 0 Å². The third-order valence-electron chi connectivity index (χ3n) is 3.72. The van der Waals surface area contributed by atoms with E-state index in [9.17, 15) is 4.79 Å². The van der Waals surface area contributed by atoms with Crippen LogP contribution in [-0.2, 0) is 0 Å². The number of amides is 1. The summed E-state index contributed by atoms with van der Waals surface area (Å²) in [6, 6.07) is 7.20. The molecule has 0 radical (unpaired) electrons. The summed E-state index contributed by atoms with van der Waals surface area (Å²) in [4.78, 5) is 16.1. The monoisotopic (exact) mass is 322 g/mol. The van der Waals surface area contributed by atoms with Gasteiger partial charge in [-0.1, -0.05) is 17.3 Å². The minimum absolute atomic E-state index is 0. The van der Waals surface area contributed by atoms with Gasteiger partial charge in [0.15, 0.2) is 0 Å². The smallest absolute Gasteiger partial charge is 0.251 e. The largest absolute Gasteiger partial charge is 0.352 e. The molecule has 7 heteroatoms. The third-order valence-corrected chi connectivity index (χ3v) is 3.72. The number of carbonyl (C=O) groups excluding carboxylic acids is 1. The first-order valence-corrected chi connectivity index (χ1v) is 7.18. The van der Waals surface area contributed by atoms with Crippen molar-refractivity contribution < 1.29 is 9.32 Å². The van der Waals surface area contributed by atoms with Crippen LogP contribution >= 0.6 is 12.4 Å². The van der Waals surface area contributed by atoms with Gasteiger partial charge in [-0.2, -0.15) is 4.98 Å². The number of piperidine rings is 1. The molecule has 118 valence electrons. The highest BCUT2D eigenvalue weighted by Crippen LogP contribution is 2.15. The van der Waals surface area contributed by atoms with Crippen LogP contribution in [0, 0.1) is 5.92 Å². The number of nitrogens with zero attached hydrogens (tertiary/aromatic N) is 2. The molecule has 0 saturated carbocycles. The molecule has 6 nitrogen and oxygen atoms in total. The van der Waals surface area contributed by atoms with Crippen LogP contribution in [0.1, 0.15) is 23.2 Å². The molecule has 1 aromatic carbocycles. The second kappa shape index (κ2) is 7.91. The van der Waals surface area contributed by atoms with Crippen molar-refractivity contribution in [2.24, 2.45) is 5.92 Å². The molecule has 0 aliphatic carbocycles. The van der Waals surface area contributed by atoms with Gasteiger partial charge >= 0.3 is 0 Å². The average molecular weight is 323 g/mol. The first-order chi connectivity index (χ1) is 10.3. The maximum Gasteiger partial charge on any atom is 0.251 e. The number of hydrogen-bond acceptors (Lipinski definition) is 5. The van der Waals surface area contributed by atoms with Crippen LogP contribution in [0.25, 0.3) is 11.4 Å². The van der Waals surface area contributed by atoms with Crippen molar-refractivity contribution in [2.75, 3.05) is 19.6 Å². The van der Waals surface area contributed by atoms with E-state index in [0.717, 1.165) is 25.2 Å². The van der Waals surface area contributed by atoms with Crippen molar-refractivity contribution in [3.05, 3.63) is 36.2 Å². The number of rotatable bonds is 4. The highest BCUT2D eigenvalue weighted by molar-refractivity contribution is 5.94. The SMILES string of the molecule is Cl.O=C(NCC1CCCNC1)c1ccc(-c2ncon2)cc1. The molecule has 2 N–H and O–H groups in total. The molecule has 0 bridgehead atoms. The van der Waals surface area contributed by atoms with Crippen LogP contribution in [0.4, 0.5) is 0 Å². The Bertz CT molecular complexity index is 580. The number of nitrogens with one attached hydrogen (secondary N) is 2. The van der Waals surface area contributed by atoms with E-state index in [1.807, 2.05) is 12.1 Å². The van der Waals surface area contributed by atoms with Gasteiger partial charge in [0, 0.05) is 17.7 Å². The summed E-state index contributed by atoms with van der Waals surface area (Å²) in [5, 5.41) is 10.1.